The molecular weight excluding hydrogens is 645 g/mol. The SMILES string of the molecule is CC1CN(C(=O)[C@@H](NC(=O)NC2(C3CCCS3(=O)=O)CCCCC2)C(C)(C)C)[C@H](C(=O)NCC(=O)C(=O)NC2CC2)CC1(Cl)Cl. The quantitative estimate of drug-likeness (QED) is 0.212. The molecular formula is C30H47Cl2N5O7S. The summed E-state index contributed by atoms with van der Waals surface area (Å²) in [5, 5.41) is 10.2. The first-order valence-corrected chi connectivity index (χ1v) is 18.4. The largest absolute Gasteiger partial charge is 0.347 e. The Hall–Kier alpha value is -2.12. The predicted octanol–water partition coefficient (Wildman–Crippen LogP) is 2.36. The summed E-state index contributed by atoms with van der Waals surface area (Å²) >= 11 is 13.1. The van der Waals surface area contributed by atoms with Crippen LogP contribution in [-0.4, -0.2) is 94.9 Å². The van der Waals surface area contributed by atoms with Crippen LogP contribution in [0.25, 0.3) is 0 Å². The van der Waals surface area contributed by atoms with Gasteiger partial charge in [0, 0.05) is 24.9 Å². The summed E-state index contributed by atoms with van der Waals surface area (Å²) in [5.41, 5.74) is -1.73. The second-order valence-corrected chi connectivity index (χ2v) is 18.2. The van der Waals surface area contributed by atoms with Crippen molar-refractivity contribution in [3.05, 3.63) is 0 Å². The van der Waals surface area contributed by atoms with Crippen molar-refractivity contribution in [1.29, 1.82) is 0 Å². The molecule has 2 unspecified atom stereocenters. The van der Waals surface area contributed by atoms with E-state index in [1.54, 1.807) is 27.7 Å². The van der Waals surface area contributed by atoms with Gasteiger partial charge in [-0.15, -0.1) is 23.2 Å². The lowest BCUT2D eigenvalue weighted by Crippen LogP contribution is -2.67. The maximum atomic E-state index is 14.2. The Morgan fingerprint density at radius 3 is 2.18 bits per heavy atom. The Labute approximate surface area is 275 Å². The number of nitrogens with zero attached hydrogens (tertiary/aromatic N) is 1. The van der Waals surface area contributed by atoms with Gasteiger partial charge in [0.2, 0.25) is 17.6 Å². The summed E-state index contributed by atoms with van der Waals surface area (Å²) in [4.78, 5) is 67.0. The van der Waals surface area contributed by atoms with Crippen molar-refractivity contribution < 1.29 is 32.4 Å². The number of carbonyl (C=O) groups excluding carboxylic acids is 5. The van der Waals surface area contributed by atoms with Gasteiger partial charge in [-0.05, 0) is 43.9 Å². The van der Waals surface area contributed by atoms with Crippen molar-refractivity contribution in [3.63, 3.8) is 0 Å². The number of amides is 5. The third-order valence-corrected chi connectivity index (χ3v) is 13.1. The molecule has 0 radical (unpaired) electrons. The number of hydrogen-bond acceptors (Lipinski definition) is 7. The van der Waals surface area contributed by atoms with E-state index in [-0.39, 0.29) is 24.8 Å². The second kappa shape index (κ2) is 13.5. The Bertz CT molecular complexity index is 1290. The number of likely N-dealkylation sites (tertiary alicyclic amines) is 1. The minimum Gasteiger partial charge on any atom is -0.347 e. The zero-order valence-corrected chi connectivity index (χ0v) is 28.9. The maximum absolute atomic E-state index is 14.2. The third kappa shape index (κ3) is 8.43. The van der Waals surface area contributed by atoms with Crippen LogP contribution in [0.3, 0.4) is 0 Å². The molecule has 12 nitrogen and oxygen atoms in total. The minimum atomic E-state index is -3.37. The number of sulfone groups is 1. The summed E-state index contributed by atoms with van der Waals surface area (Å²) in [7, 11) is -3.37. The van der Waals surface area contributed by atoms with E-state index in [1.807, 2.05) is 0 Å². The van der Waals surface area contributed by atoms with Crippen LogP contribution in [0.5, 0.6) is 0 Å². The standard InChI is InChI=1S/C30H47Cl2N5O7S/c1-18-17-37(20(15-30(18,31)32)24(39)33-16-21(38)25(40)34-19-10-11-19)26(41)23(28(2,3)4)35-27(42)36-29(12-6-5-7-13-29)22-9-8-14-45(22,43)44/h18-20,22-23H,5-17H2,1-4H3,(H,33,39)(H,34,40)(H2,35,36,42)/t18?,20-,22?,23+/m0/s1. The molecule has 4 N–H and O–H groups in total. The number of piperidine rings is 1. The van der Waals surface area contributed by atoms with E-state index in [0.717, 1.165) is 32.1 Å². The lowest BCUT2D eigenvalue weighted by Gasteiger charge is -2.46. The van der Waals surface area contributed by atoms with Gasteiger partial charge in [0.1, 0.15) is 16.4 Å². The van der Waals surface area contributed by atoms with Gasteiger partial charge in [0.25, 0.3) is 5.91 Å². The average Bonchev–Trinajstić information content (AvgIpc) is 3.69. The molecule has 4 atom stereocenters. The highest BCUT2D eigenvalue weighted by molar-refractivity contribution is 7.92. The molecule has 0 spiro atoms. The fourth-order valence-electron chi connectivity index (χ4n) is 6.79. The molecule has 2 aliphatic heterocycles. The van der Waals surface area contributed by atoms with Crippen molar-refractivity contribution >= 4 is 62.6 Å². The van der Waals surface area contributed by atoms with Gasteiger partial charge >= 0.3 is 6.03 Å². The molecule has 5 amide bonds. The van der Waals surface area contributed by atoms with Gasteiger partial charge in [0.15, 0.2) is 9.84 Å². The van der Waals surface area contributed by atoms with Crippen molar-refractivity contribution in [2.45, 2.75) is 125 Å². The molecule has 0 aromatic rings. The number of hydrogen-bond donors (Lipinski definition) is 4. The Kier molecular flexibility index (Phi) is 10.8. The third-order valence-electron chi connectivity index (χ3n) is 9.65. The predicted molar refractivity (Wildman–Crippen MR) is 170 cm³/mol. The summed E-state index contributed by atoms with van der Waals surface area (Å²) in [6.07, 6.45) is 6.12. The summed E-state index contributed by atoms with van der Waals surface area (Å²) in [6.45, 7) is 6.53. The molecule has 4 fully saturated rings. The highest BCUT2D eigenvalue weighted by atomic mass is 35.5. The van der Waals surface area contributed by atoms with E-state index in [9.17, 15) is 32.4 Å². The van der Waals surface area contributed by atoms with Gasteiger partial charge < -0.3 is 26.2 Å². The van der Waals surface area contributed by atoms with E-state index >= 15 is 0 Å². The van der Waals surface area contributed by atoms with Crippen LogP contribution in [-0.2, 0) is 29.0 Å². The van der Waals surface area contributed by atoms with Gasteiger partial charge in [0.05, 0.1) is 23.1 Å². The maximum Gasteiger partial charge on any atom is 0.315 e. The monoisotopic (exact) mass is 691 g/mol. The molecule has 4 rings (SSSR count). The number of alkyl halides is 2. The number of ketones is 1. The number of Topliss-reactive ketones (excluding diaryl/α,β-unsaturated/α-hetero) is 1. The molecule has 45 heavy (non-hydrogen) atoms. The number of halogens is 2. The van der Waals surface area contributed by atoms with E-state index in [1.165, 1.54) is 4.90 Å². The fourth-order valence-corrected chi connectivity index (χ4v) is 9.58. The van der Waals surface area contributed by atoms with Crippen molar-refractivity contribution in [3.8, 4) is 0 Å². The first kappa shape index (κ1) is 35.7. The van der Waals surface area contributed by atoms with Crippen LogP contribution in [0.1, 0.15) is 91.9 Å². The number of rotatable bonds is 9. The van der Waals surface area contributed by atoms with Gasteiger partial charge in [-0.25, -0.2) is 13.2 Å². The lowest BCUT2D eigenvalue weighted by atomic mass is 9.78. The van der Waals surface area contributed by atoms with Crippen molar-refractivity contribution in [1.82, 2.24) is 26.2 Å². The fraction of sp³-hybridized carbons (Fsp3) is 0.833. The Balaban J connectivity index is 1.52. The van der Waals surface area contributed by atoms with Crippen LogP contribution in [0.15, 0.2) is 0 Å². The Morgan fingerprint density at radius 2 is 1.62 bits per heavy atom. The highest BCUT2D eigenvalue weighted by Crippen LogP contribution is 2.42. The van der Waals surface area contributed by atoms with Crippen LogP contribution >= 0.6 is 23.2 Å². The van der Waals surface area contributed by atoms with Crippen LogP contribution < -0.4 is 21.3 Å². The summed E-state index contributed by atoms with van der Waals surface area (Å²) in [6, 6.07) is -2.95. The zero-order chi connectivity index (χ0) is 33.4. The molecule has 0 bridgehead atoms. The molecule has 15 heteroatoms. The van der Waals surface area contributed by atoms with E-state index < -0.39 is 84.5 Å². The van der Waals surface area contributed by atoms with Crippen LogP contribution in [0, 0.1) is 11.3 Å². The van der Waals surface area contributed by atoms with Crippen molar-refractivity contribution in [2.24, 2.45) is 11.3 Å². The van der Waals surface area contributed by atoms with Gasteiger partial charge in [-0.1, -0.05) is 47.0 Å². The summed E-state index contributed by atoms with van der Waals surface area (Å²) < 4.78 is 24.6. The first-order chi connectivity index (χ1) is 20.9. The molecule has 0 aromatic carbocycles. The first-order valence-electron chi connectivity index (χ1n) is 16.0. The smallest absolute Gasteiger partial charge is 0.315 e. The second-order valence-electron chi connectivity index (χ2n) is 14.4. The van der Waals surface area contributed by atoms with Crippen LogP contribution in [0.2, 0.25) is 0 Å². The molecule has 2 saturated carbocycles. The zero-order valence-electron chi connectivity index (χ0n) is 26.5. The number of nitrogens with one attached hydrogen (secondary N) is 4. The Morgan fingerprint density at radius 1 is 0.978 bits per heavy atom. The highest BCUT2D eigenvalue weighted by Gasteiger charge is 2.52. The van der Waals surface area contributed by atoms with E-state index in [4.69, 9.17) is 23.2 Å². The normalized spacial score (nSPS) is 28.0. The molecule has 2 aliphatic carbocycles. The number of urea groups is 1. The van der Waals surface area contributed by atoms with Crippen molar-refractivity contribution in [2.75, 3.05) is 18.8 Å². The lowest BCUT2D eigenvalue weighted by molar-refractivity contribution is -0.147. The minimum absolute atomic E-state index is 0.000165. The summed E-state index contributed by atoms with van der Waals surface area (Å²) in [5.74, 6) is -3.17. The van der Waals surface area contributed by atoms with E-state index in [2.05, 4.69) is 21.3 Å². The average molecular weight is 693 g/mol. The molecule has 4 aliphatic rings. The van der Waals surface area contributed by atoms with Crippen LogP contribution in [0.4, 0.5) is 4.79 Å². The molecule has 2 saturated heterocycles. The van der Waals surface area contributed by atoms with E-state index in [0.29, 0.717) is 25.7 Å². The van der Waals surface area contributed by atoms with Gasteiger partial charge in [-0.2, -0.15) is 0 Å². The topological polar surface area (TPSA) is 171 Å². The molecule has 254 valence electrons. The number of carbonyl (C=O) groups is 5. The van der Waals surface area contributed by atoms with Gasteiger partial charge in [-0.3, -0.25) is 19.2 Å². The molecule has 0 aromatic heterocycles. The molecule has 2 heterocycles.